The van der Waals surface area contributed by atoms with Gasteiger partial charge in [-0.15, -0.1) is 11.3 Å². The van der Waals surface area contributed by atoms with Crippen LogP contribution in [0.3, 0.4) is 0 Å². The molecule has 0 saturated carbocycles. The number of thiophene rings is 1. The van der Waals surface area contributed by atoms with E-state index in [-0.39, 0.29) is 0 Å². The van der Waals surface area contributed by atoms with E-state index in [2.05, 4.69) is 48.0 Å². The van der Waals surface area contributed by atoms with Gasteiger partial charge in [-0.05, 0) is 24.3 Å². The fourth-order valence-electron chi connectivity index (χ4n) is 1.97. The molecule has 1 unspecified atom stereocenters. The lowest BCUT2D eigenvalue weighted by Gasteiger charge is -2.16. The summed E-state index contributed by atoms with van der Waals surface area (Å²) in [6.45, 7) is 4.35. The van der Waals surface area contributed by atoms with E-state index >= 15 is 0 Å². The highest BCUT2D eigenvalue weighted by atomic mass is 32.1. The molecule has 0 aliphatic carbocycles. The highest BCUT2D eigenvalue weighted by Crippen LogP contribution is 2.27. The molecular formula is C13H19N3S. The number of aryl methyl sites for hydroxylation is 2. The van der Waals surface area contributed by atoms with E-state index in [1.807, 2.05) is 11.7 Å². The van der Waals surface area contributed by atoms with E-state index in [0.29, 0.717) is 6.04 Å². The summed E-state index contributed by atoms with van der Waals surface area (Å²) in [5.41, 5.74) is 2.30. The van der Waals surface area contributed by atoms with Gasteiger partial charge in [0.2, 0.25) is 0 Å². The number of anilines is 1. The second-order valence-electron chi connectivity index (χ2n) is 4.14. The van der Waals surface area contributed by atoms with Crippen LogP contribution in [0.5, 0.6) is 0 Å². The molecule has 2 heterocycles. The normalized spacial score (nSPS) is 12.6. The summed E-state index contributed by atoms with van der Waals surface area (Å²) in [6.07, 6.45) is 4.11. The fraction of sp³-hybridized carbons (Fsp3) is 0.462. The average Bonchev–Trinajstić information content (AvgIpc) is 2.94. The average molecular weight is 249 g/mol. The van der Waals surface area contributed by atoms with Crippen molar-refractivity contribution in [2.45, 2.75) is 32.7 Å². The molecule has 1 atom stereocenters. The monoisotopic (exact) mass is 249 g/mol. The highest BCUT2D eigenvalue weighted by Gasteiger charge is 2.13. The third-order valence-electron chi connectivity index (χ3n) is 2.86. The van der Waals surface area contributed by atoms with Crippen LogP contribution in [0.15, 0.2) is 23.7 Å². The summed E-state index contributed by atoms with van der Waals surface area (Å²) in [7, 11) is 1.97. The molecule has 0 spiro atoms. The van der Waals surface area contributed by atoms with E-state index in [4.69, 9.17) is 0 Å². The largest absolute Gasteiger partial charge is 0.375 e. The second kappa shape index (κ2) is 5.36. The van der Waals surface area contributed by atoms with Crippen molar-refractivity contribution in [2.24, 2.45) is 7.05 Å². The van der Waals surface area contributed by atoms with Gasteiger partial charge >= 0.3 is 0 Å². The summed E-state index contributed by atoms with van der Waals surface area (Å²) in [5.74, 6) is 0. The maximum Gasteiger partial charge on any atom is 0.0853 e. The van der Waals surface area contributed by atoms with Crippen LogP contribution in [0.2, 0.25) is 0 Å². The maximum atomic E-state index is 4.46. The van der Waals surface area contributed by atoms with Gasteiger partial charge in [0.15, 0.2) is 0 Å². The molecule has 3 nitrogen and oxygen atoms in total. The van der Waals surface area contributed by atoms with Crippen LogP contribution in [0.1, 0.15) is 36.9 Å². The molecule has 0 fully saturated rings. The van der Waals surface area contributed by atoms with Gasteiger partial charge in [-0.3, -0.25) is 4.68 Å². The number of nitrogens with zero attached hydrogens (tertiary/aromatic N) is 2. The lowest BCUT2D eigenvalue weighted by Crippen LogP contribution is -2.08. The van der Waals surface area contributed by atoms with E-state index in [1.165, 1.54) is 4.88 Å². The molecule has 2 aromatic rings. The van der Waals surface area contributed by atoms with Gasteiger partial charge in [-0.25, -0.2) is 0 Å². The molecule has 17 heavy (non-hydrogen) atoms. The molecule has 0 saturated heterocycles. The van der Waals surface area contributed by atoms with Gasteiger partial charge in [0.25, 0.3) is 0 Å². The first-order valence-corrected chi connectivity index (χ1v) is 6.95. The van der Waals surface area contributed by atoms with Crippen LogP contribution >= 0.6 is 11.3 Å². The smallest absolute Gasteiger partial charge is 0.0853 e. The Morgan fingerprint density at radius 3 is 2.88 bits per heavy atom. The van der Waals surface area contributed by atoms with Gasteiger partial charge < -0.3 is 5.32 Å². The Bertz CT molecular complexity index is 459. The van der Waals surface area contributed by atoms with Gasteiger partial charge in [0.05, 0.1) is 17.4 Å². The topological polar surface area (TPSA) is 29.9 Å². The quantitative estimate of drug-likeness (QED) is 0.877. The molecule has 0 radical (unpaired) electrons. The Labute approximate surface area is 106 Å². The third-order valence-corrected chi connectivity index (χ3v) is 3.85. The van der Waals surface area contributed by atoms with Crippen LogP contribution < -0.4 is 5.32 Å². The minimum absolute atomic E-state index is 0.393. The summed E-state index contributed by atoms with van der Waals surface area (Å²) in [5, 5.41) is 10.2. The van der Waals surface area contributed by atoms with Crippen molar-refractivity contribution in [3.8, 4) is 0 Å². The lowest BCUT2D eigenvalue weighted by atomic mass is 10.1. The Morgan fingerprint density at radius 2 is 2.29 bits per heavy atom. The van der Waals surface area contributed by atoms with Crippen LogP contribution in [-0.4, -0.2) is 9.78 Å². The standard InChI is InChI=1S/C13H19N3S/c1-4-10-12(9-16(3)15-10)14-11(5-2)13-7-6-8-17-13/h6-9,11,14H,4-5H2,1-3H3. The van der Waals surface area contributed by atoms with Crippen LogP contribution in [0.25, 0.3) is 0 Å². The summed E-state index contributed by atoms with van der Waals surface area (Å²) in [6, 6.07) is 4.69. The second-order valence-corrected chi connectivity index (χ2v) is 5.12. The molecule has 0 aliphatic heterocycles. The van der Waals surface area contributed by atoms with Crippen molar-refractivity contribution in [3.05, 3.63) is 34.3 Å². The van der Waals surface area contributed by atoms with E-state index < -0.39 is 0 Å². The van der Waals surface area contributed by atoms with Gasteiger partial charge in [0, 0.05) is 18.1 Å². The first kappa shape index (κ1) is 12.2. The van der Waals surface area contributed by atoms with Crippen molar-refractivity contribution in [2.75, 3.05) is 5.32 Å². The predicted octanol–water partition coefficient (Wildman–Crippen LogP) is 3.61. The minimum Gasteiger partial charge on any atom is -0.375 e. The van der Waals surface area contributed by atoms with Gasteiger partial charge in [-0.1, -0.05) is 19.9 Å². The Kier molecular flexibility index (Phi) is 3.84. The molecule has 0 aromatic carbocycles. The number of nitrogens with one attached hydrogen (secondary N) is 1. The minimum atomic E-state index is 0.393. The van der Waals surface area contributed by atoms with E-state index in [1.54, 1.807) is 11.3 Å². The van der Waals surface area contributed by atoms with Crippen molar-refractivity contribution < 1.29 is 0 Å². The number of rotatable bonds is 5. The molecule has 1 N–H and O–H groups in total. The zero-order valence-electron chi connectivity index (χ0n) is 10.6. The molecule has 2 aromatic heterocycles. The van der Waals surface area contributed by atoms with E-state index in [9.17, 15) is 0 Å². The Hall–Kier alpha value is -1.29. The van der Waals surface area contributed by atoms with Gasteiger partial charge in [-0.2, -0.15) is 5.10 Å². The fourth-order valence-corrected chi connectivity index (χ4v) is 2.83. The van der Waals surface area contributed by atoms with Crippen molar-refractivity contribution in [3.63, 3.8) is 0 Å². The molecule has 92 valence electrons. The van der Waals surface area contributed by atoms with Crippen molar-refractivity contribution >= 4 is 17.0 Å². The summed E-state index contributed by atoms with van der Waals surface area (Å²) in [4.78, 5) is 1.39. The van der Waals surface area contributed by atoms with E-state index in [0.717, 1.165) is 24.2 Å². The van der Waals surface area contributed by atoms with Crippen LogP contribution in [0.4, 0.5) is 5.69 Å². The van der Waals surface area contributed by atoms with Crippen molar-refractivity contribution in [1.82, 2.24) is 9.78 Å². The first-order chi connectivity index (χ1) is 8.24. The Morgan fingerprint density at radius 1 is 1.47 bits per heavy atom. The Balaban J connectivity index is 2.18. The first-order valence-electron chi connectivity index (χ1n) is 6.07. The zero-order valence-corrected chi connectivity index (χ0v) is 11.4. The molecule has 2 rings (SSSR count). The number of hydrogen-bond acceptors (Lipinski definition) is 3. The lowest BCUT2D eigenvalue weighted by molar-refractivity contribution is 0.746. The van der Waals surface area contributed by atoms with Gasteiger partial charge in [0.1, 0.15) is 0 Å². The molecule has 0 bridgehead atoms. The third kappa shape index (κ3) is 2.69. The van der Waals surface area contributed by atoms with Crippen LogP contribution in [-0.2, 0) is 13.5 Å². The summed E-state index contributed by atoms with van der Waals surface area (Å²) >= 11 is 1.81. The van der Waals surface area contributed by atoms with Crippen LogP contribution in [0, 0.1) is 0 Å². The number of aromatic nitrogens is 2. The molecule has 0 amide bonds. The predicted molar refractivity (Wildman–Crippen MR) is 73.6 cm³/mol. The highest BCUT2D eigenvalue weighted by molar-refractivity contribution is 7.10. The number of hydrogen-bond donors (Lipinski definition) is 1. The SMILES string of the molecule is CCc1nn(C)cc1NC(CC)c1cccs1. The summed E-state index contributed by atoms with van der Waals surface area (Å²) < 4.78 is 1.88. The molecule has 0 aliphatic rings. The maximum absolute atomic E-state index is 4.46. The van der Waals surface area contributed by atoms with Crippen molar-refractivity contribution in [1.29, 1.82) is 0 Å². The zero-order chi connectivity index (χ0) is 12.3. The molecular weight excluding hydrogens is 230 g/mol. The molecule has 4 heteroatoms.